The molecule has 1 N–H and O–H groups in total. The molecular formula is C9H9F3N2O2. The Morgan fingerprint density at radius 2 is 2.12 bits per heavy atom. The van der Waals surface area contributed by atoms with Gasteiger partial charge in [0.2, 0.25) is 0 Å². The molecule has 0 unspecified atom stereocenters. The number of carbonyl (C=O) groups is 1. The second-order valence-corrected chi connectivity index (χ2v) is 3.16. The van der Waals surface area contributed by atoms with E-state index in [2.05, 4.69) is 4.98 Å². The summed E-state index contributed by atoms with van der Waals surface area (Å²) in [5.74, 6) is 0.0819. The molecule has 1 amide bonds. The number of rotatable bonds is 2. The smallest absolute Gasteiger partial charge is 0.412 e. The number of carboxylic acid groups (broad SMARTS) is 1. The number of halogens is 3. The van der Waals surface area contributed by atoms with Crippen molar-refractivity contribution in [3.8, 4) is 0 Å². The van der Waals surface area contributed by atoms with E-state index in [0.717, 1.165) is 11.1 Å². The molecule has 0 bridgehead atoms. The monoisotopic (exact) mass is 234 g/mol. The molecule has 88 valence electrons. The quantitative estimate of drug-likeness (QED) is 0.854. The Morgan fingerprint density at radius 3 is 2.50 bits per heavy atom. The topological polar surface area (TPSA) is 53.4 Å². The van der Waals surface area contributed by atoms with Crippen LogP contribution < -0.4 is 4.90 Å². The number of hydrogen-bond acceptors (Lipinski definition) is 2. The van der Waals surface area contributed by atoms with Crippen LogP contribution in [0.25, 0.3) is 0 Å². The first-order valence-corrected chi connectivity index (χ1v) is 4.28. The number of hydrogen-bond donors (Lipinski definition) is 1. The molecule has 1 aromatic heterocycles. The average molecular weight is 234 g/mol. The molecule has 0 radical (unpaired) electrons. The molecule has 0 saturated heterocycles. The van der Waals surface area contributed by atoms with Crippen LogP contribution in [0.5, 0.6) is 0 Å². The van der Waals surface area contributed by atoms with E-state index < -0.39 is 18.7 Å². The van der Waals surface area contributed by atoms with E-state index in [4.69, 9.17) is 5.11 Å². The number of alkyl halides is 3. The van der Waals surface area contributed by atoms with Crippen molar-refractivity contribution in [2.45, 2.75) is 12.6 Å². The molecule has 0 fully saturated rings. The average Bonchev–Trinajstić information content (AvgIpc) is 2.15. The van der Waals surface area contributed by atoms with Crippen LogP contribution >= 0.6 is 0 Å². The van der Waals surface area contributed by atoms with E-state index in [1.807, 2.05) is 0 Å². The van der Waals surface area contributed by atoms with Gasteiger partial charge in [-0.15, -0.1) is 0 Å². The second kappa shape index (κ2) is 4.38. The largest absolute Gasteiger partial charge is 0.465 e. The normalized spacial score (nSPS) is 11.2. The lowest BCUT2D eigenvalue weighted by atomic mass is 10.2. The van der Waals surface area contributed by atoms with E-state index in [1.165, 1.54) is 19.2 Å². The van der Waals surface area contributed by atoms with Gasteiger partial charge in [0.1, 0.15) is 5.82 Å². The number of pyridine rings is 1. The maximum Gasteiger partial charge on any atom is 0.412 e. The van der Waals surface area contributed by atoms with Gasteiger partial charge in [0, 0.05) is 13.2 Å². The minimum atomic E-state index is -4.29. The van der Waals surface area contributed by atoms with E-state index in [9.17, 15) is 18.0 Å². The van der Waals surface area contributed by atoms with Crippen LogP contribution in [0.15, 0.2) is 18.3 Å². The van der Waals surface area contributed by atoms with Crippen LogP contribution in [0, 0.1) is 0 Å². The Bertz CT molecular complexity index is 375. The van der Waals surface area contributed by atoms with Gasteiger partial charge in [-0.3, -0.25) is 4.90 Å². The highest BCUT2D eigenvalue weighted by atomic mass is 19.4. The molecule has 1 rings (SSSR count). The van der Waals surface area contributed by atoms with E-state index in [1.54, 1.807) is 0 Å². The van der Waals surface area contributed by atoms with Crippen molar-refractivity contribution in [3.63, 3.8) is 0 Å². The third-order valence-electron chi connectivity index (χ3n) is 1.84. The van der Waals surface area contributed by atoms with Crippen molar-refractivity contribution in [2.24, 2.45) is 0 Å². The Balaban J connectivity index is 2.79. The Kier molecular flexibility index (Phi) is 3.36. The molecule has 1 heterocycles. The van der Waals surface area contributed by atoms with Crippen molar-refractivity contribution in [3.05, 3.63) is 23.9 Å². The van der Waals surface area contributed by atoms with Gasteiger partial charge in [0.15, 0.2) is 0 Å². The van der Waals surface area contributed by atoms with Gasteiger partial charge >= 0.3 is 12.3 Å². The van der Waals surface area contributed by atoms with Gasteiger partial charge in [-0.1, -0.05) is 6.07 Å². The van der Waals surface area contributed by atoms with E-state index in [-0.39, 0.29) is 11.4 Å². The zero-order valence-electron chi connectivity index (χ0n) is 8.32. The minimum absolute atomic E-state index is 0.00459. The van der Waals surface area contributed by atoms with Gasteiger partial charge in [-0.25, -0.2) is 9.78 Å². The van der Waals surface area contributed by atoms with Crippen molar-refractivity contribution < 1.29 is 23.1 Å². The van der Waals surface area contributed by atoms with Crippen LogP contribution in [0.3, 0.4) is 0 Å². The molecule has 0 saturated carbocycles. The highest BCUT2D eigenvalue weighted by molar-refractivity contribution is 5.83. The lowest BCUT2D eigenvalue weighted by molar-refractivity contribution is -0.127. The van der Waals surface area contributed by atoms with Gasteiger partial charge in [0.05, 0.1) is 6.42 Å². The molecular weight excluding hydrogens is 225 g/mol. The summed E-state index contributed by atoms with van der Waals surface area (Å²) in [7, 11) is 1.26. The molecule has 1 aromatic rings. The van der Waals surface area contributed by atoms with Gasteiger partial charge in [-0.05, 0) is 11.6 Å². The van der Waals surface area contributed by atoms with Crippen LogP contribution in [0.1, 0.15) is 5.56 Å². The first-order valence-electron chi connectivity index (χ1n) is 4.28. The van der Waals surface area contributed by atoms with Crippen molar-refractivity contribution >= 4 is 11.9 Å². The highest BCUT2D eigenvalue weighted by Gasteiger charge is 2.27. The summed E-state index contributed by atoms with van der Waals surface area (Å²) >= 11 is 0. The zero-order chi connectivity index (χ0) is 12.3. The van der Waals surface area contributed by atoms with Gasteiger partial charge in [0.25, 0.3) is 0 Å². The number of nitrogens with zero attached hydrogens (tertiary/aromatic N) is 2. The fourth-order valence-electron chi connectivity index (χ4n) is 1.05. The summed E-state index contributed by atoms with van der Waals surface area (Å²) in [4.78, 5) is 15.0. The second-order valence-electron chi connectivity index (χ2n) is 3.16. The molecule has 16 heavy (non-hydrogen) atoms. The standard InChI is InChI=1S/C9H9F3N2O2/c1-14(8(15)16)7-3-2-6(5-13-7)4-9(10,11)12/h2-3,5H,4H2,1H3,(H,15,16). The Morgan fingerprint density at radius 1 is 1.50 bits per heavy atom. The predicted molar refractivity (Wildman–Crippen MR) is 50.4 cm³/mol. The lowest BCUT2D eigenvalue weighted by Crippen LogP contribution is -2.24. The van der Waals surface area contributed by atoms with Gasteiger partial charge < -0.3 is 5.11 Å². The number of aromatic nitrogens is 1. The summed E-state index contributed by atoms with van der Waals surface area (Å²) in [6, 6.07) is 2.43. The molecule has 0 aliphatic heterocycles. The first-order chi connectivity index (χ1) is 7.29. The van der Waals surface area contributed by atoms with E-state index >= 15 is 0 Å². The molecule has 0 spiro atoms. The molecule has 7 heteroatoms. The van der Waals surface area contributed by atoms with Crippen LogP contribution in [-0.2, 0) is 6.42 Å². The van der Waals surface area contributed by atoms with Crippen molar-refractivity contribution in [1.82, 2.24) is 4.98 Å². The van der Waals surface area contributed by atoms with Gasteiger partial charge in [-0.2, -0.15) is 13.2 Å². The summed E-state index contributed by atoms with van der Waals surface area (Å²) in [6.07, 6.45) is -5.57. The van der Waals surface area contributed by atoms with Crippen LogP contribution in [-0.4, -0.2) is 29.4 Å². The molecule has 0 aliphatic rings. The first kappa shape index (κ1) is 12.3. The summed E-state index contributed by atoms with van der Waals surface area (Å²) in [6.45, 7) is 0. The van der Waals surface area contributed by atoms with Crippen molar-refractivity contribution in [1.29, 1.82) is 0 Å². The summed E-state index contributed by atoms with van der Waals surface area (Å²) in [5.41, 5.74) is -0.00459. The van der Waals surface area contributed by atoms with Crippen LogP contribution in [0.4, 0.5) is 23.8 Å². The maximum atomic E-state index is 12.0. The zero-order valence-corrected chi connectivity index (χ0v) is 8.32. The molecule has 0 aromatic carbocycles. The lowest BCUT2D eigenvalue weighted by Gasteiger charge is -2.12. The molecule has 0 aliphatic carbocycles. The van der Waals surface area contributed by atoms with E-state index in [0.29, 0.717) is 0 Å². The van der Waals surface area contributed by atoms with Crippen molar-refractivity contribution in [2.75, 3.05) is 11.9 Å². The summed E-state index contributed by atoms with van der Waals surface area (Å²) < 4.78 is 36.0. The SMILES string of the molecule is CN(C(=O)O)c1ccc(CC(F)(F)F)cn1. The maximum absolute atomic E-state index is 12.0. The van der Waals surface area contributed by atoms with Crippen LogP contribution in [0.2, 0.25) is 0 Å². The third kappa shape index (κ3) is 3.41. The Labute approximate surface area is 89.3 Å². The number of amides is 1. The predicted octanol–water partition coefficient (Wildman–Crippen LogP) is 2.30. The Hall–Kier alpha value is -1.79. The fraction of sp³-hybridized carbons (Fsp3) is 0.333. The summed E-state index contributed by atoms with van der Waals surface area (Å²) in [5, 5.41) is 8.60. The minimum Gasteiger partial charge on any atom is -0.465 e. The molecule has 0 atom stereocenters. The number of anilines is 1. The highest BCUT2D eigenvalue weighted by Crippen LogP contribution is 2.21. The fourth-order valence-corrected chi connectivity index (χ4v) is 1.05. The third-order valence-corrected chi connectivity index (χ3v) is 1.84. The molecule has 4 nitrogen and oxygen atoms in total.